The highest BCUT2D eigenvalue weighted by Gasteiger charge is 2.16. The molecule has 0 amide bonds. The normalized spacial score (nSPS) is 13.1. The molecule has 0 radical (unpaired) electrons. The van der Waals surface area contributed by atoms with E-state index >= 15 is 0 Å². The van der Waals surface area contributed by atoms with Crippen molar-refractivity contribution in [2.75, 3.05) is 5.32 Å². The van der Waals surface area contributed by atoms with Gasteiger partial charge in [-0.1, -0.05) is 0 Å². The molecule has 0 bridgehead atoms. The van der Waals surface area contributed by atoms with E-state index in [9.17, 15) is 0 Å². The van der Waals surface area contributed by atoms with Gasteiger partial charge in [-0.05, 0) is 11.6 Å². The zero-order chi connectivity index (χ0) is 8.72. The second-order valence-corrected chi connectivity index (χ2v) is 2.78. The number of fused-ring (bicyclic) bond motifs is 1. The third-order valence-electron chi connectivity index (χ3n) is 1.85. The summed E-state index contributed by atoms with van der Waals surface area (Å²) in [7, 11) is 0. The van der Waals surface area contributed by atoms with Crippen LogP contribution in [-0.2, 0) is 6.42 Å². The Kier molecular flexibility index (Phi) is 2.34. The van der Waals surface area contributed by atoms with Crippen LogP contribution in [0.3, 0.4) is 0 Å². The Labute approximate surface area is 81.1 Å². The lowest BCUT2D eigenvalue weighted by atomic mass is 10.1. The van der Waals surface area contributed by atoms with E-state index in [1.807, 2.05) is 0 Å². The fraction of sp³-hybridized carbons (Fsp3) is 0.125. The summed E-state index contributed by atoms with van der Waals surface area (Å²) < 4.78 is 0. The second kappa shape index (κ2) is 3.14. The maximum Gasteiger partial charge on any atom is 0.159 e. The van der Waals surface area contributed by atoms with Crippen LogP contribution in [0.2, 0.25) is 0 Å². The average molecular weight is 201 g/mol. The average Bonchev–Trinajstić information content (AvgIpc) is 2.30. The Bertz CT molecular complexity index is 332. The molecular weight excluding hydrogens is 192 g/mol. The van der Waals surface area contributed by atoms with Gasteiger partial charge in [0.2, 0.25) is 0 Å². The molecule has 0 spiro atoms. The maximum absolute atomic E-state index is 9.12. The summed E-state index contributed by atoms with van der Waals surface area (Å²) in [6.45, 7) is 0. The molecule has 1 aromatic rings. The number of rotatable bonds is 0. The van der Waals surface area contributed by atoms with Gasteiger partial charge in [-0.3, -0.25) is 5.41 Å². The molecule has 0 aliphatic carbocycles. The first-order chi connectivity index (χ1) is 5.66. The first-order valence-corrected chi connectivity index (χ1v) is 3.56. The molecule has 5 heteroatoms. The quantitative estimate of drug-likeness (QED) is 0.378. The minimum Gasteiger partial charge on any atom is -0.504 e. The van der Waals surface area contributed by atoms with Gasteiger partial charge in [-0.15, -0.1) is 12.4 Å². The number of hydrogen-bond acceptors (Lipinski definition) is 3. The molecule has 0 fully saturated rings. The van der Waals surface area contributed by atoms with Crippen LogP contribution in [0.5, 0.6) is 11.5 Å². The number of benzene rings is 1. The van der Waals surface area contributed by atoms with E-state index in [1.54, 1.807) is 0 Å². The van der Waals surface area contributed by atoms with E-state index in [0.717, 1.165) is 5.56 Å². The molecule has 4 nitrogen and oxygen atoms in total. The Morgan fingerprint density at radius 1 is 1.23 bits per heavy atom. The van der Waals surface area contributed by atoms with E-state index < -0.39 is 0 Å². The molecule has 70 valence electrons. The monoisotopic (exact) mass is 200 g/mol. The van der Waals surface area contributed by atoms with Crippen molar-refractivity contribution >= 4 is 23.9 Å². The van der Waals surface area contributed by atoms with Crippen LogP contribution in [0.15, 0.2) is 12.1 Å². The molecule has 2 rings (SSSR count). The van der Waals surface area contributed by atoms with E-state index in [2.05, 4.69) is 5.32 Å². The number of aromatic hydroxyl groups is 2. The van der Waals surface area contributed by atoms with Crippen molar-refractivity contribution < 1.29 is 10.2 Å². The van der Waals surface area contributed by atoms with Gasteiger partial charge in [-0.25, -0.2) is 0 Å². The minimum absolute atomic E-state index is 0. The molecule has 4 N–H and O–H groups in total. The van der Waals surface area contributed by atoms with Gasteiger partial charge >= 0.3 is 0 Å². The molecule has 0 saturated heterocycles. The van der Waals surface area contributed by atoms with Crippen molar-refractivity contribution in [2.24, 2.45) is 0 Å². The maximum atomic E-state index is 9.12. The van der Waals surface area contributed by atoms with Crippen molar-refractivity contribution in [1.29, 1.82) is 5.41 Å². The minimum atomic E-state index is -0.157. The number of nitrogens with one attached hydrogen (secondary N) is 2. The van der Waals surface area contributed by atoms with E-state index in [-0.39, 0.29) is 23.9 Å². The molecule has 0 aromatic heterocycles. The zero-order valence-corrected chi connectivity index (χ0v) is 7.48. The number of amidine groups is 1. The van der Waals surface area contributed by atoms with Gasteiger partial charge in [0.1, 0.15) is 5.84 Å². The fourth-order valence-electron chi connectivity index (χ4n) is 1.28. The summed E-state index contributed by atoms with van der Waals surface area (Å²) in [6, 6.07) is 2.89. The third-order valence-corrected chi connectivity index (χ3v) is 1.85. The zero-order valence-electron chi connectivity index (χ0n) is 6.66. The fourth-order valence-corrected chi connectivity index (χ4v) is 1.28. The van der Waals surface area contributed by atoms with Crippen LogP contribution in [-0.4, -0.2) is 16.0 Å². The Hall–Kier alpha value is -1.42. The molecule has 0 atom stereocenters. The first kappa shape index (κ1) is 9.67. The van der Waals surface area contributed by atoms with Gasteiger partial charge in [-0.2, -0.15) is 0 Å². The number of hydrogen-bond donors (Lipinski definition) is 4. The Morgan fingerprint density at radius 3 is 2.54 bits per heavy atom. The first-order valence-electron chi connectivity index (χ1n) is 3.56. The summed E-state index contributed by atoms with van der Waals surface area (Å²) in [4.78, 5) is 0. The number of halogens is 1. The topological polar surface area (TPSA) is 76.3 Å². The third kappa shape index (κ3) is 1.53. The lowest BCUT2D eigenvalue weighted by molar-refractivity contribution is 0.403. The van der Waals surface area contributed by atoms with Crippen molar-refractivity contribution in [3.63, 3.8) is 0 Å². The number of phenolic OH excluding ortho intramolecular Hbond substituents is 2. The van der Waals surface area contributed by atoms with Crippen molar-refractivity contribution in [3.8, 4) is 11.5 Å². The number of phenols is 2. The SMILES string of the molecule is Cl.N=C1Cc2cc(O)c(O)cc2N1. The molecule has 1 heterocycles. The highest BCUT2D eigenvalue weighted by Crippen LogP contribution is 2.34. The van der Waals surface area contributed by atoms with Crippen LogP contribution >= 0.6 is 12.4 Å². The molecule has 1 aliphatic heterocycles. The lowest BCUT2D eigenvalue weighted by Gasteiger charge is -2.01. The molecular formula is C8H9ClN2O2. The summed E-state index contributed by atoms with van der Waals surface area (Å²) in [5.74, 6) is 0.0937. The molecule has 0 saturated carbocycles. The molecule has 0 unspecified atom stereocenters. The van der Waals surface area contributed by atoms with E-state index in [0.29, 0.717) is 17.9 Å². The van der Waals surface area contributed by atoms with Crippen LogP contribution in [0.25, 0.3) is 0 Å². The predicted molar refractivity (Wildman–Crippen MR) is 52.1 cm³/mol. The summed E-state index contributed by atoms with van der Waals surface area (Å²) in [6.07, 6.45) is 0.489. The largest absolute Gasteiger partial charge is 0.504 e. The molecule has 1 aromatic carbocycles. The van der Waals surface area contributed by atoms with Crippen LogP contribution in [0, 0.1) is 5.41 Å². The van der Waals surface area contributed by atoms with Crippen LogP contribution < -0.4 is 5.32 Å². The predicted octanol–water partition coefficient (Wildman–Crippen LogP) is 1.46. The molecule has 1 aliphatic rings. The van der Waals surface area contributed by atoms with Gasteiger partial charge in [0.25, 0.3) is 0 Å². The van der Waals surface area contributed by atoms with Gasteiger partial charge < -0.3 is 15.5 Å². The van der Waals surface area contributed by atoms with Gasteiger partial charge in [0.15, 0.2) is 11.5 Å². The highest BCUT2D eigenvalue weighted by molar-refractivity contribution is 6.01. The summed E-state index contributed by atoms with van der Waals surface area (Å²) in [5.41, 5.74) is 1.55. The van der Waals surface area contributed by atoms with Crippen LogP contribution in [0.4, 0.5) is 5.69 Å². The number of anilines is 1. The van der Waals surface area contributed by atoms with E-state index in [1.165, 1.54) is 12.1 Å². The summed E-state index contributed by atoms with van der Waals surface area (Å²) in [5, 5.41) is 28.3. The van der Waals surface area contributed by atoms with Crippen LogP contribution in [0.1, 0.15) is 5.56 Å². The Balaban J connectivity index is 0.000000845. The van der Waals surface area contributed by atoms with Gasteiger partial charge in [0.05, 0.1) is 0 Å². The second-order valence-electron chi connectivity index (χ2n) is 2.78. The van der Waals surface area contributed by atoms with Crippen molar-refractivity contribution in [3.05, 3.63) is 17.7 Å². The summed E-state index contributed by atoms with van der Waals surface area (Å²) >= 11 is 0. The van der Waals surface area contributed by atoms with Crippen molar-refractivity contribution in [2.45, 2.75) is 6.42 Å². The Morgan fingerprint density at radius 2 is 1.85 bits per heavy atom. The van der Waals surface area contributed by atoms with E-state index in [4.69, 9.17) is 15.6 Å². The lowest BCUT2D eigenvalue weighted by Crippen LogP contribution is -2.02. The van der Waals surface area contributed by atoms with Gasteiger partial charge in [0, 0.05) is 18.2 Å². The molecule has 13 heavy (non-hydrogen) atoms. The highest BCUT2D eigenvalue weighted by atomic mass is 35.5. The smallest absolute Gasteiger partial charge is 0.159 e. The van der Waals surface area contributed by atoms with Crippen molar-refractivity contribution in [1.82, 2.24) is 0 Å². The standard InChI is InChI=1S/C8H8N2O2.ClH/c9-8-2-4-1-6(11)7(12)3-5(4)10-8;/h1,3,11-12H,2H2,(H2,9,10);1H.